The van der Waals surface area contributed by atoms with Gasteiger partial charge in [0.2, 0.25) is 10.0 Å². The molecule has 0 spiro atoms. The van der Waals surface area contributed by atoms with Gasteiger partial charge in [-0.2, -0.15) is 0 Å². The molecule has 0 bridgehead atoms. The Labute approximate surface area is 185 Å². The molecule has 4 aromatic rings. The lowest BCUT2D eigenvalue weighted by Gasteiger charge is -2.13. The highest BCUT2D eigenvalue weighted by Crippen LogP contribution is 2.30. The van der Waals surface area contributed by atoms with Crippen molar-refractivity contribution < 1.29 is 13.2 Å². The zero-order valence-corrected chi connectivity index (χ0v) is 18.3. The van der Waals surface area contributed by atoms with Crippen molar-refractivity contribution in [1.29, 1.82) is 0 Å². The highest BCUT2D eigenvalue weighted by molar-refractivity contribution is 7.92. The van der Waals surface area contributed by atoms with Crippen LogP contribution in [-0.2, 0) is 10.0 Å². The molecule has 0 amide bonds. The van der Waals surface area contributed by atoms with E-state index in [0.717, 1.165) is 6.26 Å². The lowest BCUT2D eigenvalue weighted by Crippen LogP contribution is -2.22. The molecular formula is C24H21N3O4S. The first kappa shape index (κ1) is 21.3. The summed E-state index contributed by atoms with van der Waals surface area (Å²) >= 11 is 0. The fourth-order valence-corrected chi connectivity index (χ4v) is 3.99. The number of ether oxygens (including phenoxy) is 1. The van der Waals surface area contributed by atoms with E-state index in [0.29, 0.717) is 39.4 Å². The average Bonchev–Trinajstić information content (AvgIpc) is 2.78. The standard InChI is InChI=1S/C24H21N3O4S/c1-31-21-14-8-9-17(23(21)26-32(2,29)30)15-16-22-25-20-13-7-6-12-19(20)24(28)27(22)18-10-4-3-5-11-18/h3-16,26H,1-2H3. The number of methoxy groups -OCH3 is 1. The minimum absolute atomic E-state index is 0.193. The Hall–Kier alpha value is -3.91. The first-order chi connectivity index (χ1) is 15.4. The van der Waals surface area contributed by atoms with E-state index in [4.69, 9.17) is 4.74 Å². The molecule has 0 unspecified atom stereocenters. The fraction of sp³-hybridized carbons (Fsp3) is 0.0833. The second-order valence-corrected chi connectivity index (χ2v) is 8.84. The first-order valence-corrected chi connectivity index (χ1v) is 11.7. The Morgan fingerprint density at radius 1 is 0.938 bits per heavy atom. The Bertz CT molecular complexity index is 1480. The SMILES string of the molecule is COc1cccc(C=Cc2nc3ccccc3c(=O)n2-c2ccccc2)c1NS(C)(=O)=O. The van der Waals surface area contributed by atoms with Crippen LogP contribution in [0.4, 0.5) is 5.69 Å². The van der Waals surface area contributed by atoms with Gasteiger partial charge >= 0.3 is 0 Å². The van der Waals surface area contributed by atoms with E-state index >= 15 is 0 Å². The summed E-state index contributed by atoms with van der Waals surface area (Å²) in [5.74, 6) is 0.789. The molecule has 0 fully saturated rings. The van der Waals surface area contributed by atoms with Crippen LogP contribution in [0.1, 0.15) is 11.4 Å². The number of nitrogens with one attached hydrogen (secondary N) is 1. The number of fused-ring (bicyclic) bond motifs is 1. The molecule has 162 valence electrons. The van der Waals surface area contributed by atoms with E-state index in [1.165, 1.54) is 11.7 Å². The average molecular weight is 448 g/mol. The first-order valence-electron chi connectivity index (χ1n) is 9.77. The van der Waals surface area contributed by atoms with Crippen molar-refractivity contribution in [1.82, 2.24) is 9.55 Å². The maximum atomic E-state index is 13.3. The molecule has 0 saturated carbocycles. The number of benzene rings is 3. The van der Waals surface area contributed by atoms with Gasteiger partial charge in [-0.25, -0.2) is 13.4 Å². The fourth-order valence-electron chi connectivity index (χ4n) is 3.40. The van der Waals surface area contributed by atoms with E-state index < -0.39 is 10.0 Å². The maximum Gasteiger partial charge on any atom is 0.266 e. The smallest absolute Gasteiger partial charge is 0.266 e. The number of sulfonamides is 1. The van der Waals surface area contributed by atoms with Crippen LogP contribution in [-0.4, -0.2) is 31.3 Å². The molecule has 0 atom stereocenters. The van der Waals surface area contributed by atoms with Crippen molar-refractivity contribution in [2.75, 3.05) is 18.1 Å². The molecular weight excluding hydrogens is 426 g/mol. The van der Waals surface area contributed by atoms with Crippen LogP contribution in [0.2, 0.25) is 0 Å². The summed E-state index contributed by atoms with van der Waals surface area (Å²) in [4.78, 5) is 18.0. The third-order valence-corrected chi connectivity index (χ3v) is 5.37. The van der Waals surface area contributed by atoms with Gasteiger partial charge in [-0.05, 0) is 42.5 Å². The van der Waals surface area contributed by atoms with Gasteiger partial charge < -0.3 is 4.74 Å². The summed E-state index contributed by atoms with van der Waals surface area (Å²) in [5, 5.41) is 0.509. The van der Waals surface area contributed by atoms with Crippen LogP contribution in [0, 0.1) is 0 Å². The molecule has 0 aliphatic heterocycles. The van der Waals surface area contributed by atoms with Crippen LogP contribution < -0.4 is 15.0 Å². The molecule has 4 rings (SSSR count). The minimum Gasteiger partial charge on any atom is -0.495 e. The summed E-state index contributed by atoms with van der Waals surface area (Å²) in [6, 6.07) is 21.6. The summed E-state index contributed by atoms with van der Waals surface area (Å²) in [6.45, 7) is 0. The number of hydrogen-bond donors (Lipinski definition) is 1. The maximum absolute atomic E-state index is 13.3. The highest BCUT2D eigenvalue weighted by atomic mass is 32.2. The monoisotopic (exact) mass is 447 g/mol. The van der Waals surface area contributed by atoms with Gasteiger partial charge in [-0.15, -0.1) is 0 Å². The van der Waals surface area contributed by atoms with Gasteiger partial charge in [0, 0.05) is 5.56 Å². The molecule has 0 saturated heterocycles. The molecule has 32 heavy (non-hydrogen) atoms. The van der Waals surface area contributed by atoms with Crippen LogP contribution in [0.5, 0.6) is 5.75 Å². The van der Waals surface area contributed by atoms with Gasteiger partial charge in [-0.1, -0.05) is 42.5 Å². The third-order valence-electron chi connectivity index (χ3n) is 4.79. The van der Waals surface area contributed by atoms with E-state index in [-0.39, 0.29) is 5.56 Å². The highest BCUT2D eigenvalue weighted by Gasteiger charge is 2.13. The Kier molecular flexibility index (Phi) is 5.79. The molecule has 0 radical (unpaired) electrons. The van der Waals surface area contributed by atoms with Crippen molar-refractivity contribution >= 4 is 38.8 Å². The third kappa shape index (κ3) is 4.40. The van der Waals surface area contributed by atoms with Gasteiger partial charge in [0.25, 0.3) is 5.56 Å². The Morgan fingerprint density at radius 2 is 1.66 bits per heavy atom. The van der Waals surface area contributed by atoms with E-state index in [9.17, 15) is 13.2 Å². The topological polar surface area (TPSA) is 90.3 Å². The zero-order chi connectivity index (χ0) is 22.7. The molecule has 1 heterocycles. The van der Waals surface area contributed by atoms with Crippen LogP contribution in [0.25, 0.3) is 28.7 Å². The molecule has 1 N–H and O–H groups in total. The van der Waals surface area contributed by atoms with Crippen LogP contribution >= 0.6 is 0 Å². The largest absolute Gasteiger partial charge is 0.495 e. The van der Waals surface area contributed by atoms with Crippen LogP contribution in [0.3, 0.4) is 0 Å². The number of anilines is 1. The minimum atomic E-state index is -3.54. The molecule has 7 nitrogen and oxygen atoms in total. The Balaban J connectivity index is 1.92. The Morgan fingerprint density at radius 3 is 2.38 bits per heavy atom. The van der Waals surface area contributed by atoms with Crippen molar-refractivity contribution in [2.24, 2.45) is 0 Å². The molecule has 0 aliphatic rings. The molecule has 1 aromatic heterocycles. The molecule has 0 aliphatic carbocycles. The number of aromatic nitrogens is 2. The lowest BCUT2D eigenvalue weighted by atomic mass is 10.1. The lowest BCUT2D eigenvalue weighted by molar-refractivity contribution is 0.417. The predicted octanol–water partition coefficient (Wildman–Crippen LogP) is 3.94. The van der Waals surface area contributed by atoms with Gasteiger partial charge in [0.1, 0.15) is 11.6 Å². The van der Waals surface area contributed by atoms with Crippen molar-refractivity contribution in [3.8, 4) is 11.4 Å². The number of rotatable bonds is 6. The predicted molar refractivity (Wildman–Crippen MR) is 128 cm³/mol. The van der Waals surface area contributed by atoms with Gasteiger partial charge in [0.15, 0.2) is 0 Å². The number of para-hydroxylation sites is 3. The van der Waals surface area contributed by atoms with Gasteiger partial charge in [-0.3, -0.25) is 14.1 Å². The summed E-state index contributed by atoms with van der Waals surface area (Å²) in [6.07, 6.45) is 4.46. The number of hydrogen-bond acceptors (Lipinski definition) is 5. The quantitative estimate of drug-likeness (QED) is 0.484. The van der Waals surface area contributed by atoms with Crippen molar-refractivity contribution in [3.63, 3.8) is 0 Å². The summed E-state index contributed by atoms with van der Waals surface area (Å²) in [5.41, 5.74) is 1.93. The normalized spacial score (nSPS) is 11.7. The van der Waals surface area contributed by atoms with Crippen molar-refractivity contribution in [3.05, 3.63) is 94.5 Å². The molecule has 3 aromatic carbocycles. The second-order valence-electron chi connectivity index (χ2n) is 7.10. The van der Waals surface area contributed by atoms with E-state index in [2.05, 4.69) is 9.71 Å². The summed E-state index contributed by atoms with van der Waals surface area (Å²) < 4.78 is 33.1. The van der Waals surface area contributed by atoms with E-state index in [1.807, 2.05) is 36.4 Å². The van der Waals surface area contributed by atoms with E-state index in [1.54, 1.807) is 48.6 Å². The molecule has 8 heteroatoms. The van der Waals surface area contributed by atoms with Gasteiger partial charge in [0.05, 0.1) is 35.6 Å². The summed E-state index contributed by atoms with van der Waals surface area (Å²) in [7, 11) is -2.07. The second kappa shape index (κ2) is 8.68. The van der Waals surface area contributed by atoms with Crippen molar-refractivity contribution in [2.45, 2.75) is 0 Å². The number of nitrogens with zero attached hydrogens (tertiary/aromatic N) is 2. The zero-order valence-electron chi connectivity index (χ0n) is 17.5. The van der Waals surface area contributed by atoms with Crippen LogP contribution in [0.15, 0.2) is 77.6 Å².